The molecule has 0 fully saturated rings. The first kappa shape index (κ1) is 18.2. The van der Waals surface area contributed by atoms with E-state index in [0.717, 1.165) is 30.0 Å². The molecule has 5 nitrogen and oxygen atoms in total. The molecule has 0 radical (unpaired) electrons. The summed E-state index contributed by atoms with van der Waals surface area (Å²) in [7, 11) is -4.04. The van der Waals surface area contributed by atoms with Crippen LogP contribution in [0, 0.1) is 0 Å². The van der Waals surface area contributed by atoms with E-state index in [1.807, 2.05) is 6.92 Å². The number of sulfonamides is 1. The second-order valence-electron chi connectivity index (χ2n) is 5.79. The number of likely N-dealkylation sites (N-methyl/N-ethyl adjacent to an activating group) is 1. The van der Waals surface area contributed by atoms with Crippen LogP contribution in [0.25, 0.3) is 0 Å². The molecule has 0 aromatic heterocycles. The van der Waals surface area contributed by atoms with Crippen molar-refractivity contribution in [3.05, 3.63) is 53.6 Å². The van der Waals surface area contributed by atoms with Crippen molar-refractivity contribution in [2.75, 3.05) is 16.2 Å². The Hall–Kier alpha value is -2.55. The average Bonchev–Trinajstić information content (AvgIpc) is 2.88. The van der Waals surface area contributed by atoms with Gasteiger partial charge in [0.2, 0.25) is 5.91 Å². The maximum absolute atomic E-state index is 12.6. The number of benzene rings is 2. The van der Waals surface area contributed by atoms with Gasteiger partial charge in [-0.3, -0.25) is 9.52 Å². The maximum Gasteiger partial charge on any atom is 0.416 e. The molecule has 0 unspecified atom stereocenters. The van der Waals surface area contributed by atoms with Crippen molar-refractivity contribution >= 4 is 27.3 Å². The van der Waals surface area contributed by atoms with Gasteiger partial charge < -0.3 is 4.90 Å². The molecule has 1 amide bonds. The summed E-state index contributed by atoms with van der Waals surface area (Å²) in [5.74, 6) is -0.0646. The van der Waals surface area contributed by atoms with Gasteiger partial charge >= 0.3 is 6.18 Å². The third-order valence-corrected chi connectivity index (χ3v) is 5.47. The Morgan fingerprint density at radius 2 is 1.77 bits per heavy atom. The van der Waals surface area contributed by atoms with Gasteiger partial charge in [0.05, 0.1) is 16.9 Å². The Morgan fingerprint density at radius 1 is 1.12 bits per heavy atom. The molecule has 0 spiro atoms. The zero-order chi connectivity index (χ0) is 19.1. The lowest BCUT2D eigenvalue weighted by Gasteiger charge is -2.15. The van der Waals surface area contributed by atoms with E-state index in [1.54, 1.807) is 17.0 Å². The van der Waals surface area contributed by atoms with Crippen LogP contribution in [0.4, 0.5) is 24.5 Å². The Bertz CT molecular complexity index is 954. The number of amides is 1. The smallest absolute Gasteiger partial charge is 0.312 e. The van der Waals surface area contributed by atoms with Gasteiger partial charge in [-0.05, 0) is 55.0 Å². The van der Waals surface area contributed by atoms with Gasteiger partial charge in [0, 0.05) is 17.9 Å². The minimum absolute atomic E-state index is 0.0646. The monoisotopic (exact) mass is 384 g/mol. The second kappa shape index (κ2) is 6.31. The number of nitrogens with one attached hydrogen (secondary N) is 1. The van der Waals surface area contributed by atoms with Crippen LogP contribution in [-0.2, 0) is 27.4 Å². The van der Waals surface area contributed by atoms with Crippen molar-refractivity contribution < 1.29 is 26.4 Å². The number of hydrogen-bond donors (Lipinski definition) is 1. The van der Waals surface area contributed by atoms with Crippen molar-refractivity contribution in [1.82, 2.24) is 0 Å². The van der Waals surface area contributed by atoms with Crippen LogP contribution in [0.5, 0.6) is 0 Å². The zero-order valence-electron chi connectivity index (χ0n) is 13.7. The first-order chi connectivity index (χ1) is 12.1. The summed E-state index contributed by atoms with van der Waals surface area (Å²) < 4.78 is 64.8. The third-order valence-electron chi connectivity index (χ3n) is 4.07. The maximum atomic E-state index is 12.6. The first-order valence-electron chi connectivity index (χ1n) is 7.75. The van der Waals surface area contributed by atoms with E-state index in [9.17, 15) is 26.4 Å². The van der Waals surface area contributed by atoms with E-state index in [-0.39, 0.29) is 22.9 Å². The molecule has 1 aliphatic rings. The highest BCUT2D eigenvalue weighted by atomic mass is 32.2. The number of nitrogens with zero attached hydrogens (tertiary/aromatic N) is 1. The van der Waals surface area contributed by atoms with Crippen LogP contribution in [0.1, 0.15) is 18.1 Å². The van der Waals surface area contributed by atoms with Crippen molar-refractivity contribution in [2.24, 2.45) is 0 Å². The lowest BCUT2D eigenvalue weighted by Crippen LogP contribution is -2.25. The number of carbonyl (C=O) groups is 1. The van der Waals surface area contributed by atoms with Gasteiger partial charge in [0.25, 0.3) is 10.0 Å². The largest absolute Gasteiger partial charge is 0.416 e. The highest BCUT2D eigenvalue weighted by Gasteiger charge is 2.31. The van der Waals surface area contributed by atoms with E-state index in [2.05, 4.69) is 4.72 Å². The van der Waals surface area contributed by atoms with E-state index >= 15 is 0 Å². The summed E-state index contributed by atoms with van der Waals surface area (Å²) in [5.41, 5.74) is 0.751. The summed E-state index contributed by atoms with van der Waals surface area (Å²) in [4.78, 5) is 13.2. The van der Waals surface area contributed by atoms with Crippen LogP contribution < -0.4 is 9.62 Å². The number of hydrogen-bond acceptors (Lipinski definition) is 3. The normalized spacial score (nSPS) is 14.5. The minimum atomic E-state index is -4.53. The molecule has 0 saturated heterocycles. The van der Waals surface area contributed by atoms with Crippen molar-refractivity contribution in [2.45, 2.75) is 24.4 Å². The topological polar surface area (TPSA) is 66.5 Å². The number of carbonyl (C=O) groups excluding carboxylic acids is 1. The van der Waals surface area contributed by atoms with Gasteiger partial charge in [0.15, 0.2) is 0 Å². The summed E-state index contributed by atoms with van der Waals surface area (Å²) in [6.45, 7) is 2.36. The molecule has 138 valence electrons. The Morgan fingerprint density at radius 3 is 2.35 bits per heavy atom. The fourth-order valence-electron chi connectivity index (χ4n) is 2.83. The molecule has 1 aliphatic heterocycles. The van der Waals surface area contributed by atoms with Gasteiger partial charge in [0.1, 0.15) is 0 Å². The molecule has 0 atom stereocenters. The summed E-state index contributed by atoms with van der Waals surface area (Å²) in [6.07, 6.45) is -4.35. The van der Waals surface area contributed by atoms with Gasteiger partial charge in [-0.2, -0.15) is 13.2 Å². The van der Waals surface area contributed by atoms with E-state index < -0.39 is 21.8 Å². The van der Waals surface area contributed by atoms with E-state index in [4.69, 9.17) is 0 Å². The Labute approximate surface area is 148 Å². The fraction of sp³-hybridized carbons (Fsp3) is 0.235. The SMILES string of the molecule is CCN1C(=O)Cc2cc(NS(=O)(=O)c3ccc(C(F)(F)F)cc3)ccc21. The standard InChI is InChI=1S/C17H15F3N2O3S/c1-2-22-15-8-5-13(9-11(15)10-16(22)23)21-26(24,25)14-6-3-12(4-7-14)17(18,19)20/h3-9,21H,2,10H2,1H3. The Balaban J connectivity index is 1.85. The molecule has 1 heterocycles. The first-order valence-corrected chi connectivity index (χ1v) is 9.23. The number of rotatable bonds is 4. The lowest BCUT2D eigenvalue weighted by molar-refractivity contribution is -0.137. The number of fused-ring (bicyclic) bond motifs is 1. The minimum Gasteiger partial charge on any atom is -0.312 e. The Kier molecular flexibility index (Phi) is 4.43. The van der Waals surface area contributed by atoms with Crippen LogP contribution in [-0.4, -0.2) is 20.9 Å². The van der Waals surface area contributed by atoms with Gasteiger partial charge in [-0.1, -0.05) is 0 Å². The lowest BCUT2D eigenvalue weighted by atomic mass is 10.1. The number of halogens is 3. The molecule has 9 heteroatoms. The summed E-state index contributed by atoms with van der Waals surface area (Å²) >= 11 is 0. The predicted molar refractivity (Wildman–Crippen MR) is 90.4 cm³/mol. The number of anilines is 2. The molecule has 26 heavy (non-hydrogen) atoms. The average molecular weight is 384 g/mol. The van der Waals surface area contributed by atoms with Crippen molar-refractivity contribution in [3.8, 4) is 0 Å². The molecule has 1 N–H and O–H groups in total. The van der Waals surface area contributed by atoms with Crippen molar-refractivity contribution in [1.29, 1.82) is 0 Å². The van der Waals surface area contributed by atoms with Crippen molar-refractivity contribution in [3.63, 3.8) is 0 Å². The molecule has 2 aromatic rings. The van der Waals surface area contributed by atoms with E-state index in [1.165, 1.54) is 6.07 Å². The highest BCUT2D eigenvalue weighted by Crippen LogP contribution is 2.32. The third kappa shape index (κ3) is 3.39. The molecular weight excluding hydrogens is 369 g/mol. The molecule has 0 saturated carbocycles. The number of alkyl halides is 3. The molecule has 2 aromatic carbocycles. The van der Waals surface area contributed by atoms with Crippen LogP contribution >= 0.6 is 0 Å². The summed E-state index contributed by atoms with van der Waals surface area (Å²) in [5, 5.41) is 0. The molecular formula is C17H15F3N2O3S. The molecule has 3 rings (SSSR count). The second-order valence-corrected chi connectivity index (χ2v) is 7.47. The van der Waals surface area contributed by atoms with Crippen LogP contribution in [0.15, 0.2) is 47.4 Å². The fourth-order valence-corrected chi connectivity index (χ4v) is 3.88. The van der Waals surface area contributed by atoms with E-state index in [0.29, 0.717) is 12.1 Å². The zero-order valence-corrected chi connectivity index (χ0v) is 14.5. The molecule has 0 aliphatic carbocycles. The predicted octanol–water partition coefficient (Wildman–Crippen LogP) is 3.42. The van der Waals surface area contributed by atoms with Gasteiger partial charge in [-0.15, -0.1) is 0 Å². The quantitative estimate of drug-likeness (QED) is 0.879. The highest BCUT2D eigenvalue weighted by molar-refractivity contribution is 7.92. The molecule has 0 bridgehead atoms. The summed E-state index contributed by atoms with van der Waals surface area (Å²) in [6, 6.07) is 7.96. The van der Waals surface area contributed by atoms with Gasteiger partial charge in [-0.25, -0.2) is 8.42 Å². The van der Waals surface area contributed by atoms with Crippen LogP contribution in [0.3, 0.4) is 0 Å². The van der Waals surface area contributed by atoms with Crippen LogP contribution in [0.2, 0.25) is 0 Å².